The number of nitrogens with zero attached hydrogens (tertiary/aromatic N) is 4. The van der Waals surface area contributed by atoms with E-state index in [2.05, 4.69) is 48.4 Å². The van der Waals surface area contributed by atoms with E-state index in [9.17, 15) is 4.79 Å². The normalized spacial score (nSPS) is 24.4. The monoisotopic (exact) mass is 443 g/mol. The molecule has 5 rings (SSSR count). The lowest BCUT2D eigenvalue weighted by atomic mass is 9.90. The molecular weight excluding hydrogens is 418 g/mol. The predicted octanol–water partition coefficient (Wildman–Crippen LogP) is 3.73. The lowest BCUT2D eigenvalue weighted by molar-refractivity contribution is -0.121. The minimum absolute atomic E-state index is 0.146. The van der Waals surface area contributed by atoms with Crippen LogP contribution in [0.2, 0.25) is 0 Å². The highest BCUT2D eigenvalue weighted by Gasteiger charge is 2.35. The smallest absolute Gasteiger partial charge is 0.257 e. The number of ketones is 1. The number of rotatable bonds is 6. The molecule has 0 spiro atoms. The Kier molecular flexibility index (Phi) is 5.86. The second-order valence-electron chi connectivity index (χ2n) is 7.98. The summed E-state index contributed by atoms with van der Waals surface area (Å²) in [5.74, 6) is 1.88. The van der Waals surface area contributed by atoms with E-state index in [1.165, 1.54) is 9.79 Å². The van der Waals surface area contributed by atoms with Gasteiger partial charge in [-0.15, -0.1) is 3.82 Å². The van der Waals surface area contributed by atoms with Crippen LogP contribution in [0, 0.1) is 5.92 Å². The maximum absolute atomic E-state index is 11.6. The van der Waals surface area contributed by atoms with Gasteiger partial charge in [-0.05, 0) is 55.8 Å². The van der Waals surface area contributed by atoms with Crippen molar-refractivity contribution in [3.8, 4) is 5.88 Å². The van der Waals surface area contributed by atoms with Crippen molar-refractivity contribution in [2.45, 2.75) is 54.5 Å². The van der Waals surface area contributed by atoms with Gasteiger partial charge in [0.05, 0.1) is 0 Å². The number of hydrogen-bond acceptors (Lipinski definition) is 9. The van der Waals surface area contributed by atoms with Crippen molar-refractivity contribution >= 4 is 35.5 Å². The fourth-order valence-corrected chi connectivity index (χ4v) is 6.25. The Bertz CT molecular complexity index is 891. The molecule has 2 aromatic rings. The number of Topliss-reactive ketones (excluding diaryl/α,β-unsaturated/α-hetero) is 1. The molecule has 0 radical (unpaired) electrons. The molecule has 2 aliphatic heterocycles. The molecule has 1 aromatic heterocycles. The van der Waals surface area contributed by atoms with Crippen LogP contribution in [0.3, 0.4) is 0 Å². The van der Waals surface area contributed by atoms with Gasteiger partial charge in [-0.3, -0.25) is 4.79 Å². The van der Waals surface area contributed by atoms with Gasteiger partial charge in [0.2, 0.25) is 0 Å². The summed E-state index contributed by atoms with van der Waals surface area (Å²) in [6, 6.07) is 8.84. The summed E-state index contributed by atoms with van der Waals surface area (Å²) < 4.78 is 8.35. The van der Waals surface area contributed by atoms with Crippen LogP contribution in [0.25, 0.3) is 0 Å². The van der Waals surface area contributed by atoms with Crippen LogP contribution in [0.4, 0.5) is 5.82 Å². The fraction of sp³-hybridized carbons (Fsp3) is 0.476. The van der Waals surface area contributed by atoms with Crippen molar-refractivity contribution in [2.24, 2.45) is 5.92 Å². The summed E-state index contributed by atoms with van der Waals surface area (Å²) in [5, 5.41) is 0. The average molecular weight is 444 g/mol. The van der Waals surface area contributed by atoms with Crippen LogP contribution in [0.15, 0.2) is 46.5 Å². The number of hydrogen-bond donors (Lipinski definition) is 1. The number of anilines is 1. The quantitative estimate of drug-likeness (QED) is 0.673. The van der Waals surface area contributed by atoms with E-state index in [1.54, 1.807) is 43.2 Å². The molecule has 3 aliphatic rings. The minimum atomic E-state index is 0.146. The first-order chi connectivity index (χ1) is 14.7. The predicted molar refractivity (Wildman–Crippen MR) is 118 cm³/mol. The van der Waals surface area contributed by atoms with E-state index in [1.807, 2.05) is 0 Å². The Morgan fingerprint density at radius 3 is 2.43 bits per heavy atom. The molecule has 1 aromatic carbocycles. The van der Waals surface area contributed by atoms with Gasteiger partial charge in [-0.1, -0.05) is 12.1 Å². The van der Waals surface area contributed by atoms with Gasteiger partial charge in [0.25, 0.3) is 5.88 Å². The molecule has 0 amide bonds. The molecule has 1 N–H and O–H groups in total. The first-order valence-electron chi connectivity index (χ1n) is 10.4. The Balaban J connectivity index is 1.13. The summed E-state index contributed by atoms with van der Waals surface area (Å²) in [7, 11) is 0. The van der Waals surface area contributed by atoms with Crippen LogP contribution >= 0.6 is 23.9 Å². The van der Waals surface area contributed by atoms with Crippen molar-refractivity contribution in [3.63, 3.8) is 0 Å². The largest absolute Gasteiger partial charge is 0.472 e. The molecule has 9 heteroatoms. The van der Waals surface area contributed by atoms with E-state index in [0.717, 1.165) is 44.6 Å². The van der Waals surface area contributed by atoms with Crippen molar-refractivity contribution in [2.75, 3.05) is 18.0 Å². The summed E-state index contributed by atoms with van der Waals surface area (Å²) >= 11 is 3.47. The molecular formula is C21H25N5O2S2. The van der Waals surface area contributed by atoms with Crippen molar-refractivity contribution in [1.82, 2.24) is 19.2 Å². The zero-order chi connectivity index (χ0) is 20.5. The fourth-order valence-electron chi connectivity index (χ4n) is 4.04. The standard InChI is InChI=1S/C21H25N5O2S2/c1-14(27)15-6-10-25(11-7-15)20-21(23-9-8-22-20)28-17-12-16(13-17)24-26-29-18-4-2-3-5-19(18)30-26/h2-5,8-9,15-17,24H,6-7,10-13H2,1H3/t16-,17-. The zero-order valence-corrected chi connectivity index (χ0v) is 18.5. The number of carbonyl (C=O) groups is 1. The van der Waals surface area contributed by atoms with Gasteiger partial charge in [-0.25, -0.2) is 15.4 Å². The van der Waals surface area contributed by atoms with Crippen molar-refractivity contribution in [3.05, 3.63) is 36.7 Å². The van der Waals surface area contributed by atoms with Crippen LogP contribution in [-0.2, 0) is 4.79 Å². The first kappa shape index (κ1) is 20.1. The maximum atomic E-state index is 11.6. The lowest BCUT2D eigenvalue weighted by Gasteiger charge is -2.38. The summed E-state index contributed by atoms with van der Waals surface area (Å²) in [5.41, 5.74) is 3.57. The summed E-state index contributed by atoms with van der Waals surface area (Å²) in [4.78, 5) is 25.4. The molecule has 1 aliphatic carbocycles. The number of piperidine rings is 1. The first-order valence-corrected chi connectivity index (χ1v) is 11.9. The van der Waals surface area contributed by atoms with Gasteiger partial charge < -0.3 is 9.64 Å². The molecule has 2 fully saturated rings. The number of ether oxygens (including phenoxy) is 1. The Hall–Kier alpha value is -1.81. The van der Waals surface area contributed by atoms with Crippen LogP contribution in [0.5, 0.6) is 5.88 Å². The third kappa shape index (κ3) is 4.30. The third-order valence-electron chi connectivity index (χ3n) is 5.89. The van der Waals surface area contributed by atoms with Gasteiger partial charge in [0, 0.05) is 60.1 Å². The second kappa shape index (κ2) is 8.74. The number of aromatic nitrogens is 2. The van der Waals surface area contributed by atoms with E-state index in [0.29, 0.717) is 11.9 Å². The molecule has 158 valence electrons. The highest BCUT2D eigenvalue weighted by Crippen LogP contribution is 2.45. The lowest BCUT2D eigenvalue weighted by Crippen LogP contribution is -2.49. The third-order valence-corrected chi connectivity index (χ3v) is 8.11. The van der Waals surface area contributed by atoms with Crippen LogP contribution in [-0.4, -0.2) is 44.8 Å². The molecule has 0 bridgehead atoms. The SMILES string of the molecule is CC(=O)C1CCN(c2nccnc2O[C@H]2C[C@H](NN3Sc4ccccc4S3)C2)CC1. The van der Waals surface area contributed by atoms with Crippen LogP contribution in [0.1, 0.15) is 32.6 Å². The Labute approximate surface area is 185 Å². The van der Waals surface area contributed by atoms with Crippen molar-refractivity contribution in [1.29, 1.82) is 0 Å². The number of fused-ring (bicyclic) bond motifs is 1. The number of nitrogens with one attached hydrogen (secondary N) is 1. The van der Waals surface area contributed by atoms with Crippen LogP contribution < -0.4 is 15.1 Å². The van der Waals surface area contributed by atoms with E-state index in [4.69, 9.17) is 4.74 Å². The van der Waals surface area contributed by atoms with Crippen molar-refractivity contribution < 1.29 is 9.53 Å². The van der Waals surface area contributed by atoms with E-state index in [-0.39, 0.29) is 17.8 Å². The number of carbonyl (C=O) groups excluding carboxylic acids is 1. The maximum Gasteiger partial charge on any atom is 0.257 e. The minimum Gasteiger partial charge on any atom is -0.472 e. The molecule has 1 saturated heterocycles. The summed E-state index contributed by atoms with van der Waals surface area (Å²) in [6.45, 7) is 3.33. The zero-order valence-electron chi connectivity index (χ0n) is 16.9. The molecule has 0 unspecified atom stereocenters. The average Bonchev–Trinajstić information content (AvgIpc) is 3.15. The van der Waals surface area contributed by atoms with E-state index >= 15 is 0 Å². The van der Waals surface area contributed by atoms with Gasteiger partial charge >= 0.3 is 0 Å². The molecule has 1 saturated carbocycles. The Morgan fingerprint density at radius 1 is 1.10 bits per heavy atom. The number of hydrazine groups is 1. The van der Waals surface area contributed by atoms with Gasteiger partial charge in [-0.2, -0.15) is 0 Å². The molecule has 3 heterocycles. The number of benzene rings is 1. The highest BCUT2D eigenvalue weighted by atomic mass is 32.2. The topological polar surface area (TPSA) is 70.6 Å². The van der Waals surface area contributed by atoms with Gasteiger partial charge in [0.1, 0.15) is 11.9 Å². The summed E-state index contributed by atoms with van der Waals surface area (Å²) in [6.07, 6.45) is 7.16. The highest BCUT2D eigenvalue weighted by molar-refractivity contribution is 8.14. The van der Waals surface area contributed by atoms with E-state index < -0.39 is 0 Å². The molecule has 0 atom stereocenters. The molecule has 7 nitrogen and oxygen atoms in total. The molecule has 30 heavy (non-hydrogen) atoms. The van der Waals surface area contributed by atoms with Gasteiger partial charge in [0.15, 0.2) is 5.82 Å². The Morgan fingerprint density at radius 2 is 1.77 bits per heavy atom. The second-order valence-corrected chi connectivity index (χ2v) is 10.2.